The Labute approximate surface area is 157 Å². The Balaban J connectivity index is 1.33. The Morgan fingerprint density at radius 1 is 1.46 bits per heavy atom. The molecule has 0 spiro atoms. The summed E-state index contributed by atoms with van der Waals surface area (Å²) in [7, 11) is 0. The number of fused-ring (bicyclic) bond motifs is 3. The maximum absolute atomic E-state index is 12.4. The van der Waals surface area contributed by atoms with E-state index in [0.29, 0.717) is 35.3 Å². The van der Waals surface area contributed by atoms with E-state index in [9.17, 15) is 9.59 Å². The predicted octanol–water partition coefficient (Wildman–Crippen LogP) is 2.32. The van der Waals surface area contributed by atoms with Gasteiger partial charge in [0.05, 0.1) is 23.4 Å². The van der Waals surface area contributed by atoms with Crippen molar-refractivity contribution in [1.82, 2.24) is 20.4 Å². The van der Waals surface area contributed by atoms with E-state index in [1.807, 2.05) is 0 Å². The number of carbonyl (C=O) groups is 1. The molecule has 3 aromatic heterocycles. The zero-order valence-electron chi connectivity index (χ0n) is 14.3. The van der Waals surface area contributed by atoms with Crippen molar-refractivity contribution in [1.29, 1.82) is 0 Å². The van der Waals surface area contributed by atoms with Gasteiger partial charge in [-0.2, -0.15) is 0 Å². The lowest BCUT2D eigenvalue weighted by molar-refractivity contribution is -0.118. The minimum absolute atomic E-state index is 0.0594. The summed E-state index contributed by atoms with van der Waals surface area (Å²) in [5.74, 6) is 2.03. The molecule has 7 nitrogen and oxygen atoms in total. The van der Waals surface area contributed by atoms with Crippen molar-refractivity contribution >= 4 is 39.2 Å². The third-order valence-corrected chi connectivity index (χ3v) is 6.37. The summed E-state index contributed by atoms with van der Waals surface area (Å²) < 4.78 is 4.96. The van der Waals surface area contributed by atoms with Gasteiger partial charge in [-0.15, -0.1) is 23.1 Å². The normalized spacial score (nSPS) is 13.3. The number of rotatable bonds is 6. The highest BCUT2D eigenvalue weighted by Gasteiger charge is 2.21. The fourth-order valence-electron chi connectivity index (χ4n) is 3.10. The molecule has 136 valence electrons. The number of hydrogen-bond donors (Lipinski definition) is 2. The minimum Gasteiger partial charge on any atom is -0.361 e. The molecule has 1 amide bonds. The van der Waals surface area contributed by atoms with Crippen LogP contribution in [0.3, 0.4) is 0 Å². The molecule has 3 heterocycles. The summed E-state index contributed by atoms with van der Waals surface area (Å²) in [5, 5.41) is 7.38. The van der Waals surface area contributed by atoms with Crippen LogP contribution >= 0.6 is 23.1 Å². The lowest BCUT2D eigenvalue weighted by atomic mass is 10.2. The summed E-state index contributed by atoms with van der Waals surface area (Å²) in [4.78, 5) is 33.9. The lowest BCUT2D eigenvalue weighted by Crippen LogP contribution is -2.24. The number of aromatic nitrogens is 3. The third-order valence-electron chi connectivity index (χ3n) is 4.24. The number of aryl methyl sites for hydroxylation is 3. The molecule has 0 bridgehead atoms. The summed E-state index contributed by atoms with van der Waals surface area (Å²) in [6.07, 6.45) is 3.14. The zero-order chi connectivity index (χ0) is 18.1. The highest BCUT2D eigenvalue weighted by molar-refractivity contribution is 7.99. The van der Waals surface area contributed by atoms with Gasteiger partial charge in [0.25, 0.3) is 5.56 Å². The molecule has 0 saturated heterocycles. The van der Waals surface area contributed by atoms with Crippen LogP contribution in [0.2, 0.25) is 0 Å². The van der Waals surface area contributed by atoms with E-state index >= 15 is 0 Å². The van der Waals surface area contributed by atoms with Gasteiger partial charge in [-0.1, -0.05) is 5.16 Å². The molecule has 0 saturated carbocycles. The molecule has 0 aliphatic heterocycles. The maximum Gasteiger partial charge on any atom is 0.259 e. The van der Waals surface area contributed by atoms with Gasteiger partial charge in [0.1, 0.15) is 22.1 Å². The first kappa shape index (κ1) is 17.3. The third kappa shape index (κ3) is 3.54. The number of amides is 1. The van der Waals surface area contributed by atoms with Gasteiger partial charge in [-0.25, -0.2) is 4.98 Å². The number of thioether (sulfide) groups is 1. The second-order valence-corrected chi connectivity index (χ2v) is 8.32. The second-order valence-electron chi connectivity index (χ2n) is 6.25. The smallest absolute Gasteiger partial charge is 0.259 e. The first-order valence-corrected chi connectivity index (χ1v) is 10.4. The van der Waals surface area contributed by atoms with E-state index in [-0.39, 0.29) is 11.5 Å². The van der Waals surface area contributed by atoms with E-state index in [1.54, 1.807) is 24.3 Å². The van der Waals surface area contributed by atoms with Gasteiger partial charge in [0.15, 0.2) is 0 Å². The summed E-state index contributed by atoms with van der Waals surface area (Å²) in [6.45, 7) is 2.15. The molecule has 1 aliphatic carbocycles. The molecule has 1 aliphatic rings. The molecule has 26 heavy (non-hydrogen) atoms. The standard InChI is InChI=1S/C17H18N4O3S2/c1-9-5-10(21-24-9)6-18-14(22)8-25-7-13-19-16(23)15-11-3-2-4-12(11)26-17(15)20-13/h5H,2-4,6-8H2,1H3,(H,18,22)(H,19,20,23). The van der Waals surface area contributed by atoms with Crippen molar-refractivity contribution in [3.63, 3.8) is 0 Å². The average Bonchev–Trinajstić information content (AvgIpc) is 3.28. The molecule has 0 unspecified atom stereocenters. The molecule has 2 N–H and O–H groups in total. The van der Waals surface area contributed by atoms with Gasteiger partial charge < -0.3 is 14.8 Å². The fraction of sp³-hybridized carbons (Fsp3) is 0.412. The van der Waals surface area contributed by atoms with Crippen molar-refractivity contribution in [3.8, 4) is 0 Å². The zero-order valence-corrected chi connectivity index (χ0v) is 15.9. The Morgan fingerprint density at radius 2 is 2.35 bits per heavy atom. The summed E-state index contributed by atoms with van der Waals surface area (Å²) in [6, 6.07) is 1.79. The van der Waals surface area contributed by atoms with Crippen LogP contribution in [0.4, 0.5) is 0 Å². The van der Waals surface area contributed by atoms with E-state index < -0.39 is 0 Å². The molecule has 0 fully saturated rings. The average molecular weight is 390 g/mol. The van der Waals surface area contributed by atoms with E-state index in [2.05, 4.69) is 20.4 Å². The number of nitrogens with one attached hydrogen (secondary N) is 2. The Morgan fingerprint density at radius 3 is 3.15 bits per heavy atom. The van der Waals surface area contributed by atoms with Crippen LogP contribution < -0.4 is 10.9 Å². The lowest BCUT2D eigenvalue weighted by Gasteiger charge is -2.03. The maximum atomic E-state index is 12.4. The number of thiophene rings is 1. The SMILES string of the molecule is Cc1cc(CNC(=O)CSCc2nc3sc4c(c3c(=O)[nH]2)CCC4)no1. The van der Waals surface area contributed by atoms with Crippen molar-refractivity contribution in [2.24, 2.45) is 0 Å². The molecule has 9 heteroatoms. The number of carbonyl (C=O) groups excluding carboxylic acids is 1. The number of nitrogens with zero attached hydrogens (tertiary/aromatic N) is 2. The van der Waals surface area contributed by atoms with Gasteiger partial charge in [-0.3, -0.25) is 9.59 Å². The van der Waals surface area contributed by atoms with Crippen LogP contribution in [0.5, 0.6) is 0 Å². The van der Waals surface area contributed by atoms with Crippen LogP contribution in [0.15, 0.2) is 15.4 Å². The van der Waals surface area contributed by atoms with E-state index in [0.717, 1.165) is 29.5 Å². The van der Waals surface area contributed by atoms with Crippen molar-refractivity contribution in [2.45, 2.75) is 38.5 Å². The first-order chi connectivity index (χ1) is 12.6. The topological polar surface area (TPSA) is 101 Å². The Bertz CT molecular complexity index is 1020. The molecular weight excluding hydrogens is 372 g/mol. The second kappa shape index (κ2) is 7.24. The van der Waals surface area contributed by atoms with E-state index in [1.165, 1.54) is 22.2 Å². The predicted molar refractivity (Wildman–Crippen MR) is 102 cm³/mol. The van der Waals surface area contributed by atoms with Crippen LogP contribution in [0, 0.1) is 6.92 Å². The van der Waals surface area contributed by atoms with Crippen molar-refractivity contribution in [2.75, 3.05) is 5.75 Å². The minimum atomic E-state index is -0.0887. The Kier molecular flexibility index (Phi) is 4.82. The molecular formula is C17H18N4O3S2. The number of hydrogen-bond acceptors (Lipinski definition) is 7. The Hall–Kier alpha value is -2.13. The monoisotopic (exact) mass is 390 g/mol. The van der Waals surface area contributed by atoms with Gasteiger partial charge in [-0.05, 0) is 31.7 Å². The summed E-state index contributed by atoms with van der Waals surface area (Å²) in [5.41, 5.74) is 1.82. The van der Waals surface area contributed by atoms with Crippen molar-refractivity contribution < 1.29 is 9.32 Å². The number of H-pyrrole nitrogens is 1. The molecule has 0 radical (unpaired) electrons. The van der Waals surface area contributed by atoms with Crippen molar-refractivity contribution in [3.05, 3.63) is 44.1 Å². The van der Waals surface area contributed by atoms with Crippen LogP contribution in [0.1, 0.15) is 34.1 Å². The van der Waals surface area contributed by atoms with Crippen LogP contribution in [-0.2, 0) is 29.9 Å². The molecule has 0 atom stereocenters. The quantitative estimate of drug-likeness (QED) is 0.670. The number of aromatic amines is 1. The first-order valence-electron chi connectivity index (χ1n) is 8.40. The largest absolute Gasteiger partial charge is 0.361 e. The van der Waals surface area contributed by atoms with Gasteiger partial charge in [0, 0.05) is 10.9 Å². The fourth-order valence-corrected chi connectivity index (χ4v) is 5.10. The van der Waals surface area contributed by atoms with Crippen LogP contribution in [-0.4, -0.2) is 26.8 Å². The highest BCUT2D eigenvalue weighted by atomic mass is 32.2. The molecule has 0 aromatic carbocycles. The van der Waals surface area contributed by atoms with Gasteiger partial charge in [0.2, 0.25) is 5.91 Å². The van der Waals surface area contributed by atoms with Gasteiger partial charge >= 0.3 is 0 Å². The highest BCUT2D eigenvalue weighted by Crippen LogP contribution is 2.34. The van der Waals surface area contributed by atoms with Crippen LogP contribution in [0.25, 0.3) is 10.2 Å². The molecule has 4 rings (SSSR count). The summed E-state index contributed by atoms with van der Waals surface area (Å²) >= 11 is 3.05. The molecule has 3 aromatic rings. The van der Waals surface area contributed by atoms with E-state index in [4.69, 9.17) is 4.52 Å².